The lowest BCUT2D eigenvalue weighted by Gasteiger charge is -2.47. The number of aliphatic hydroxyl groups is 1. The molecule has 1 aliphatic heterocycles. The number of H-pyrrole nitrogens is 1. The van der Waals surface area contributed by atoms with Crippen LogP contribution in [0.25, 0.3) is 10.9 Å². The molecule has 216 valence electrons. The number of benzene rings is 2. The van der Waals surface area contributed by atoms with Crippen molar-refractivity contribution in [2.45, 2.75) is 51.5 Å². The number of fused-ring (bicyclic) bond motifs is 1. The predicted octanol–water partition coefficient (Wildman–Crippen LogP) is 5.16. The zero-order chi connectivity index (χ0) is 28.9. The molecule has 2 heterocycles. The summed E-state index contributed by atoms with van der Waals surface area (Å²) in [7, 11) is 1.62. The molecule has 0 radical (unpaired) electrons. The second-order valence-electron chi connectivity index (χ2n) is 11.0. The largest absolute Gasteiger partial charge is 0.497 e. The number of ether oxygens (including phenoxy) is 2. The molecule has 8 nitrogen and oxygen atoms in total. The molecule has 1 atom stereocenters. The number of nitrogens with one attached hydrogen (secondary N) is 1. The number of halogens is 1. The first-order valence-corrected chi connectivity index (χ1v) is 14.3. The van der Waals surface area contributed by atoms with Gasteiger partial charge < -0.3 is 24.5 Å². The summed E-state index contributed by atoms with van der Waals surface area (Å²) >= 11 is 5.98. The van der Waals surface area contributed by atoms with Crippen LogP contribution in [-0.4, -0.2) is 83.8 Å². The number of aliphatic hydroxyl groups excluding tert-OH is 1. The number of hydrogen-bond donors (Lipinski definition) is 2. The van der Waals surface area contributed by atoms with Gasteiger partial charge in [-0.15, -0.1) is 0 Å². The fourth-order valence-corrected chi connectivity index (χ4v) is 5.86. The third-order valence-corrected chi connectivity index (χ3v) is 8.32. The predicted molar refractivity (Wildman–Crippen MR) is 157 cm³/mol. The summed E-state index contributed by atoms with van der Waals surface area (Å²) in [6, 6.07) is 12.1. The maximum absolute atomic E-state index is 14.0. The molecule has 1 saturated heterocycles. The van der Waals surface area contributed by atoms with Crippen LogP contribution in [-0.2, 0) is 9.53 Å². The number of esters is 2. The zero-order valence-electron chi connectivity index (χ0n) is 23.8. The topological polar surface area (TPSA) is 95.1 Å². The maximum Gasteiger partial charge on any atom is 0.345 e. The number of aryl methyl sites for hydroxylation is 1. The van der Waals surface area contributed by atoms with Crippen molar-refractivity contribution in [3.8, 4) is 5.75 Å². The van der Waals surface area contributed by atoms with Crippen molar-refractivity contribution in [2.24, 2.45) is 0 Å². The lowest BCUT2D eigenvalue weighted by molar-refractivity contribution is -0.144. The highest BCUT2D eigenvalue weighted by molar-refractivity contribution is 6.30. The van der Waals surface area contributed by atoms with Gasteiger partial charge >= 0.3 is 11.9 Å². The van der Waals surface area contributed by atoms with E-state index >= 15 is 0 Å². The minimum absolute atomic E-state index is 0.235. The van der Waals surface area contributed by atoms with Crippen molar-refractivity contribution in [1.82, 2.24) is 14.8 Å². The second kappa shape index (κ2) is 13.2. The van der Waals surface area contributed by atoms with Crippen LogP contribution in [0.15, 0.2) is 42.5 Å². The Morgan fingerprint density at radius 3 is 2.40 bits per heavy atom. The first kappa shape index (κ1) is 30.1. The molecule has 0 bridgehead atoms. The fourth-order valence-electron chi connectivity index (χ4n) is 5.73. The number of aromatic nitrogens is 1. The minimum Gasteiger partial charge on any atom is -0.497 e. The van der Waals surface area contributed by atoms with Crippen molar-refractivity contribution in [2.75, 3.05) is 46.4 Å². The van der Waals surface area contributed by atoms with E-state index in [-0.39, 0.29) is 12.2 Å². The van der Waals surface area contributed by atoms with Gasteiger partial charge in [0.1, 0.15) is 11.7 Å². The third-order valence-electron chi connectivity index (χ3n) is 8.07. The Morgan fingerprint density at radius 2 is 1.75 bits per heavy atom. The Hall–Kier alpha value is -2.91. The molecule has 4 rings (SSSR count). The highest BCUT2D eigenvalue weighted by atomic mass is 35.5. The Labute approximate surface area is 241 Å². The normalized spacial score (nSPS) is 15.8. The molecule has 2 N–H and O–H groups in total. The molecule has 1 unspecified atom stereocenters. The molecule has 0 spiro atoms. The standard InChI is InChI=1S/C31H40ClN3O5/c1-21-27(25-20-24(39-4)12-13-26(25)33-21)28(30(38)40-29(37)22-8-10-23(32)11-9-22)31(2,3)35-17-15-34(16-18-35)14-6-5-7-19-36/h8-13,20,28,33,36H,5-7,14-19H2,1-4H3. The number of methoxy groups -OCH3 is 1. The van der Waals surface area contributed by atoms with E-state index in [1.54, 1.807) is 31.4 Å². The van der Waals surface area contributed by atoms with E-state index in [0.29, 0.717) is 10.8 Å². The molecule has 9 heteroatoms. The van der Waals surface area contributed by atoms with Crippen molar-refractivity contribution in [3.63, 3.8) is 0 Å². The molecule has 1 aromatic heterocycles. The quantitative estimate of drug-likeness (QED) is 0.187. The van der Waals surface area contributed by atoms with Gasteiger partial charge in [0, 0.05) is 59.9 Å². The summed E-state index contributed by atoms with van der Waals surface area (Å²) < 4.78 is 11.1. The van der Waals surface area contributed by atoms with Gasteiger partial charge in [-0.05, 0) is 94.6 Å². The van der Waals surface area contributed by atoms with E-state index in [9.17, 15) is 9.59 Å². The fraction of sp³-hybridized carbons (Fsp3) is 0.484. The van der Waals surface area contributed by atoms with Gasteiger partial charge in [0.25, 0.3) is 0 Å². The SMILES string of the molecule is COc1ccc2[nH]c(C)c(C(C(=O)OC(=O)c3ccc(Cl)cc3)C(C)(C)N3CCN(CCCCCO)CC3)c2c1. The van der Waals surface area contributed by atoms with Crippen LogP contribution in [0.1, 0.15) is 60.6 Å². The Bertz CT molecular complexity index is 1310. The van der Waals surface area contributed by atoms with Crippen LogP contribution in [0.5, 0.6) is 5.75 Å². The molecule has 3 aromatic rings. The van der Waals surface area contributed by atoms with Crippen LogP contribution in [0, 0.1) is 6.92 Å². The summed E-state index contributed by atoms with van der Waals surface area (Å²) in [5.74, 6) is -1.36. The molecule has 1 aliphatic rings. The molecule has 1 fully saturated rings. The lowest BCUT2D eigenvalue weighted by atomic mass is 9.78. The van der Waals surface area contributed by atoms with Gasteiger partial charge in [-0.2, -0.15) is 0 Å². The number of piperazine rings is 1. The van der Waals surface area contributed by atoms with Crippen molar-refractivity contribution >= 4 is 34.4 Å². The van der Waals surface area contributed by atoms with Crippen LogP contribution < -0.4 is 4.74 Å². The average molecular weight is 570 g/mol. The number of aromatic amines is 1. The molecule has 0 amide bonds. The Kier molecular flexibility index (Phi) is 9.90. The van der Waals surface area contributed by atoms with Crippen LogP contribution in [0.4, 0.5) is 0 Å². The highest BCUT2D eigenvalue weighted by Gasteiger charge is 2.45. The summed E-state index contributed by atoms with van der Waals surface area (Å²) in [5.41, 5.74) is 2.14. The van der Waals surface area contributed by atoms with Gasteiger partial charge in [-0.3, -0.25) is 9.69 Å². The first-order valence-electron chi connectivity index (χ1n) is 13.9. The molecule has 40 heavy (non-hydrogen) atoms. The summed E-state index contributed by atoms with van der Waals surface area (Å²) in [6.45, 7) is 10.6. The molecule has 2 aromatic carbocycles. The van der Waals surface area contributed by atoms with E-state index < -0.39 is 23.4 Å². The van der Waals surface area contributed by atoms with Gasteiger partial charge in [-0.25, -0.2) is 4.79 Å². The van der Waals surface area contributed by atoms with E-state index in [2.05, 4.69) is 28.6 Å². The molecule has 0 aliphatic carbocycles. The Morgan fingerprint density at radius 1 is 1.05 bits per heavy atom. The number of hydrogen-bond acceptors (Lipinski definition) is 7. The number of carbonyl (C=O) groups excluding carboxylic acids is 2. The highest BCUT2D eigenvalue weighted by Crippen LogP contribution is 2.41. The summed E-state index contributed by atoms with van der Waals surface area (Å²) in [4.78, 5) is 35.2. The molecular formula is C31H40ClN3O5. The van der Waals surface area contributed by atoms with E-state index in [1.807, 2.05) is 25.1 Å². The van der Waals surface area contributed by atoms with Gasteiger partial charge in [0.15, 0.2) is 0 Å². The third kappa shape index (κ3) is 6.69. The zero-order valence-corrected chi connectivity index (χ0v) is 24.6. The monoisotopic (exact) mass is 569 g/mol. The van der Waals surface area contributed by atoms with Crippen LogP contribution in [0.2, 0.25) is 5.02 Å². The average Bonchev–Trinajstić information content (AvgIpc) is 3.26. The number of unbranched alkanes of at least 4 members (excludes halogenated alkanes) is 2. The number of carbonyl (C=O) groups is 2. The first-order chi connectivity index (χ1) is 19.1. The van der Waals surface area contributed by atoms with Crippen molar-refractivity contribution < 1.29 is 24.2 Å². The van der Waals surface area contributed by atoms with Crippen LogP contribution in [0.3, 0.4) is 0 Å². The van der Waals surface area contributed by atoms with Crippen molar-refractivity contribution in [3.05, 3.63) is 64.3 Å². The summed E-state index contributed by atoms with van der Waals surface area (Å²) in [5, 5.41) is 10.4. The van der Waals surface area contributed by atoms with Crippen molar-refractivity contribution in [1.29, 1.82) is 0 Å². The summed E-state index contributed by atoms with van der Waals surface area (Å²) in [6.07, 6.45) is 2.91. The smallest absolute Gasteiger partial charge is 0.345 e. The van der Waals surface area contributed by atoms with E-state index in [1.165, 1.54) is 0 Å². The van der Waals surface area contributed by atoms with E-state index in [4.69, 9.17) is 26.2 Å². The number of rotatable bonds is 11. The second-order valence-corrected chi connectivity index (χ2v) is 11.4. The maximum atomic E-state index is 14.0. The molecule has 0 saturated carbocycles. The van der Waals surface area contributed by atoms with Crippen LogP contribution >= 0.6 is 11.6 Å². The van der Waals surface area contributed by atoms with E-state index in [0.717, 1.165) is 74.1 Å². The van der Waals surface area contributed by atoms with Gasteiger partial charge in [0.05, 0.1) is 12.7 Å². The molecular weight excluding hydrogens is 530 g/mol. The lowest BCUT2D eigenvalue weighted by Crippen LogP contribution is -2.58. The number of nitrogens with zero attached hydrogens (tertiary/aromatic N) is 2. The van der Waals surface area contributed by atoms with Gasteiger partial charge in [-0.1, -0.05) is 11.6 Å². The van der Waals surface area contributed by atoms with Gasteiger partial charge in [0.2, 0.25) is 0 Å². The Balaban J connectivity index is 1.64. The minimum atomic E-state index is -0.749.